The van der Waals surface area contributed by atoms with Crippen molar-refractivity contribution in [2.75, 3.05) is 44.7 Å². The van der Waals surface area contributed by atoms with Gasteiger partial charge in [0.15, 0.2) is 0 Å². The zero-order valence-corrected chi connectivity index (χ0v) is 15.7. The first-order chi connectivity index (χ1) is 13.2. The van der Waals surface area contributed by atoms with Crippen molar-refractivity contribution in [3.63, 3.8) is 0 Å². The van der Waals surface area contributed by atoms with Crippen molar-refractivity contribution in [3.8, 4) is 5.75 Å². The lowest BCUT2D eigenvalue weighted by molar-refractivity contribution is -0.900. The van der Waals surface area contributed by atoms with Gasteiger partial charge in [-0.25, -0.2) is 5.43 Å². The fraction of sp³-hybridized carbons (Fsp3) is 0.333. The highest BCUT2D eigenvalue weighted by atomic mass is 16.5. The van der Waals surface area contributed by atoms with Crippen LogP contribution in [-0.4, -0.2) is 52.0 Å². The van der Waals surface area contributed by atoms with E-state index in [1.807, 2.05) is 30.3 Å². The number of hydrazone groups is 1. The summed E-state index contributed by atoms with van der Waals surface area (Å²) in [5.74, 6) is 0.718. The number of nitrogens with zero attached hydrogens (tertiary/aromatic N) is 2. The van der Waals surface area contributed by atoms with Crippen LogP contribution in [0.5, 0.6) is 5.75 Å². The molecule has 3 rings (SSSR count). The molecule has 0 unspecified atom stereocenters. The van der Waals surface area contributed by atoms with Crippen LogP contribution in [0.3, 0.4) is 0 Å². The molecule has 1 fully saturated rings. The van der Waals surface area contributed by atoms with Gasteiger partial charge >= 0.3 is 0 Å². The van der Waals surface area contributed by atoms with Gasteiger partial charge in [-0.1, -0.05) is 30.3 Å². The fourth-order valence-corrected chi connectivity index (χ4v) is 3.22. The molecule has 27 heavy (non-hydrogen) atoms. The first-order valence-corrected chi connectivity index (χ1v) is 9.34. The molecule has 0 bridgehead atoms. The number of rotatable bonds is 7. The van der Waals surface area contributed by atoms with Gasteiger partial charge in [0.1, 0.15) is 5.75 Å². The molecule has 0 aromatic heterocycles. The van der Waals surface area contributed by atoms with E-state index < -0.39 is 0 Å². The summed E-state index contributed by atoms with van der Waals surface area (Å²) in [7, 11) is 1.63. The second-order valence-corrected chi connectivity index (χ2v) is 6.64. The zero-order chi connectivity index (χ0) is 18.9. The van der Waals surface area contributed by atoms with E-state index in [-0.39, 0.29) is 5.91 Å². The number of carbonyl (C=O) groups excluding carboxylic acids is 1. The van der Waals surface area contributed by atoms with Crippen molar-refractivity contribution in [1.82, 2.24) is 5.43 Å². The number of ether oxygens (including phenoxy) is 1. The van der Waals surface area contributed by atoms with Crippen LogP contribution in [0.1, 0.15) is 12.0 Å². The molecule has 142 valence electrons. The van der Waals surface area contributed by atoms with Gasteiger partial charge in [0.05, 0.1) is 52.5 Å². The van der Waals surface area contributed by atoms with Crippen LogP contribution in [0, 0.1) is 0 Å². The Morgan fingerprint density at radius 3 is 2.70 bits per heavy atom. The van der Waals surface area contributed by atoms with Crippen molar-refractivity contribution in [2.24, 2.45) is 5.10 Å². The number of hydrogen-bond acceptors (Lipinski definition) is 4. The molecule has 6 nitrogen and oxygen atoms in total. The maximum atomic E-state index is 12.0. The average Bonchev–Trinajstić information content (AvgIpc) is 2.73. The molecular formula is C21H27N4O2+. The van der Waals surface area contributed by atoms with E-state index in [2.05, 4.69) is 39.7 Å². The molecule has 1 heterocycles. The molecular weight excluding hydrogens is 340 g/mol. The van der Waals surface area contributed by atoms with Crippen molar-refractivity contribution < 1.29 is 14.4 Å². The van der Waals surface area contributed by atoms with Gasteiger partial charge in [-0.2, -0.15) is 5.10 Å². The monoisotopic (exact) mass is 367 g/mol. The third-order valence-electron chi connectivity index (χ3n) is 4.79. The van der Waals surface area contributed by atoms with Gasteiger partial charge in [-0.3, -0.25) is 4.79 Å². The summed E-state index contributed by atoms with van der Waals surface area (Å²) in [6.45, 7) is 4.98. The highest BCUT2D eigenvalue weighted by Gasteiger charge is 2.20. The lowest BCUT2D eigenvalue weighted by atomic mass is 10.2. The minimum Gasteiger partial charge on any atom is -0.497 e. The van der Waals surface area contributed by atoms with E-state index in [0.29, 0.717) is 6.42 Å². The Labute approximate surface area is 160 Å². The molecule has 6 heteroatoms. The van der Waals surface area contributed by atoms with E-state index in [1.165, 1.54) is 10.6 Å². The molecule has 0 aliphatic carbocycles. The highest BCUT2D eigenvalue weighted by Crippen LogP contribution is 2.12. The number of carbonyl (C=O) groups is 1. The van der Waals surface area contributed by atoms with Crippen molar-refractivity contribution in [3.05, 3.63) is 60.2 Å². The van der Waals surface area contributed by atoms with Crippen LogP contribution in [0.2, 0.25) is 0 Å². The Bertz CT molecular complexity index is 756. The van der Waals surface area contributed by atoms with Crippen LogP contribution in [-0.2, 0) is 4.79 Å². The fourth-order valence-electron chi connectivity index (χ4n) is 3.22. The van der Waals surface area contributed by atoms with Gasteiger partial charge in [-0.05, 0) is 29.8 Å². The third kappa shape index (κ3) is 5.82. The number of quaternary nitrogens is 1. The Morgan fingerprint density at radius 1 is 1.19 bits per heavy atom. The van der Waals surface area contributed by atoms with E-state index >= 15 is 0 Å². The summed E-state index contributed by atoms with van der Waals surface area (Å²) in [5.41, 5.74) is 4.77. The number of methoxy groups -OCH3 is 1. The number of amides is 1. The second-order valence-electron chi connectivity index (χ2n) is 6.64. The first-order valence-electron chi connectivity index (χ1n) is 9.34. The molecule has 0 saturated carbocycles. The number of hydrogen-bond donors (Lipinski definition) is 2. The number of anilines is 1. The van der Waals surface area contributed by atoms with Crippen molar-refractivity contribution in [2.45, 2.75) is 6.42 Å². The maximum Gasteiger partial charge on any atom is 0.245 e. The summed E-state index contributed by atoms with van der Waals surface area (Å²) in [6.07, 6.45) is 2.11. The summed E-state index contributed by atoms with van der Waals surface area (Å²) >= 11 is 0. The summed E-state index contributed by atoms with van der Waals surface area (Å²) in [4.78, 5) is 15.9. The molecule has 1 aliphatic rings. The standard InChI is InChI=1S/C21H26N4O2/c1-27-20-9-5-6-18(16-20)17-22-23-21(26)10-11-24-12-14-25(15-13-24)19-7-3-2-4-8-19/h2-9,16-17H,10-15H2,1H3,(H,23,26)/p+1. The number of para-hydroxylation sites is 1. The Hall–Kier alpha value is -2.86. The largest absolute Gasteiger partial charge is 0.497 e. The highest BCUT2D eigenvalue weighted by molar-refractivity contribution is 5.82. The van der Waals surface area contributed by atoms with E-state index in [0.717, 1.165) is 44.0 Å². The minimum absolute atomic E-state index is 0.0489. The van der Waals surface area contributed by atoms with Crippen LogP contribution < -0.4 is 20.0 Å². The van der Waals surface area contributed by atoms with Gasteiger partial charge in [0.2, 0.25) is 5.91 Å². The Morgan fingerprint density at radius 2 is 1.96 bits per heavy atom. The van der Waals surface area contributed by atoms with Crippen LogP contribution in [0.4, 0.5) is 5.69 Å². The van der Waals surface area contributed by atoms with Crippen LogP contribution >= 0.6 is 0 Å². The van der Waals surface area contributed by atoms with E-state index in [4.69, 9.17) is 4.74 Å². The molecule has 0 radical (unpaired) electrons. The molecule has 0 spiro atoms. The SMILES string of the molecule is COc1cccc(C=NNC(=O)CC[NH+]2CCN(c3ccccc3)CC2)c1. The average molecular weight is 367 g/mol. The van der Waals surface area contributed by atoms with Gasteiger partial charge < -0.3 is 14.5 Å². The quantitative estimate of drug-likeness (QED) is 0.566. The summed E-state index contributed by atoms with van der Waals surface area (Å²) in [6, 6.07) is 18.0. The maximum absolute atomic E-state index is 12.0. The van der Waals surface area contributed by atoms with E-state index in [9.17, 15) is 4.79 Å². The lowest BCUT2D eigenvalue weighted by Crippen LogP contribution is -3.15. The molecule has 2 aromatic carbocycles. The molecule has 1 amide bonds. The lowest BCUT2D eigenvalue weighted by Gasteiger charge is -2.33. The van der Waals surface area contributed by atoms with Crippen molar-refractivity contribution >= 4 is 17.8 Å². The summed E-state index contributed by atoms with van der Waals surface area (Å²) < 4.78 is 5.17. The third-order valence-corrected chi connectivity index (χ3v) is 4.79. The molecule has 0 atom stereocenters. The summed E-state index contributed by atoms with van der Waals surface area (Å²) in [5, 5.41) is 4.03. The van der Waals surface area contributed by atoms with Gasteiger partial charge in [-0.15, -0.1) is 0 Å². The minimum atomic E-state index is -0.0489. The molecule has 2 N–H and O–H groups in total. The molecule has 1 aliphatic heterocycles. The smallest absolute Gasteiger partial charge is 0.245 e. The zero-order valence-electron chi connectivity index (χ0n) is 15.7. The second kappa shape index (κ2) is 9.73. The number of piperazine rings is 1. The topological polar surface area (TPSA) is 58.4 Å². The van der Waals surface area contributed by atoms with Crippen molar-refractivity contribution in [1.29, 1.82) is 0 Å². The number of benzene rings is 2. The predicted molar refractivity (Wildman–Crippen MR) is 108 cm³/mol. The molecule has 2 aromatic rings. The normalized spacial score (nSPS) is 15.1. The van der Waals surface area contributed by atoms with Gasteiger partial charge in [0.25, 0.3) is 0 Å². The first kappa shape index (κ1) is 18.9. The Kier molecular flexibility index (Phi) is 6.82. The van der Waals surface area contributed by atoms with Crippen LogP contribution in [0.15, 0.2) is 59.7 Å². The number of nitrogens with one attached hydrogen (secondary N) is 2. The Balaban J connectivity index is 1.36. The van der Waals surface area contributed by atoms with E-state index in [1.54, 1.807) is 13.3 Å². The molecule has 1 saturated heterocycles. The van der Waals surface area contributed by atoms with Crippen LogP contribution in [0.25, 0.3) is 0 Å². The predicted octanol–water partition coefficient (Wildman–Crippen LogP) is 0.941. The van der Waals surface area contributed by atoms with Gasteiger partial charge in [0, 0.05) is 5.69 Å².